The normalized spacial score (nSPS) is 14.1. The molecule has 4 rings (SSSR count). The Balaban J connectivity index is 2.03. The van der Waals surface area contributed by atoms with Gasteiger partial charge in [0.15, 0.2) is 0 Å². The lowest BCUT2D eigenvalue weighted by Gasteiger charge is -2.27. The molecule has 0 atom stereocenters. The predicted octanol–water partition coefficient (Wildman–Crippen LogP) is 5.05. The summed E-state index contributed by atoms with van der Waals surface area (Å²) in [5.41, 5.74) is 1.62. The highest BCUT2D eigenvalue weighted by Gasteiger charge is 2.44. The Kier molecular flexibility index (Phi) is 4.32. The van der Waals surface area contributed by atoms with Gasteiger partial charge in [-0.25, -0.2) is 0 Å². The average Bonchev–Trinajstić information content (AvgIpc) is 2.64. The van der Waals surface area contributed by atoms with E-state index >= 15 is 0 Å². The first-order valence-electron chi connectivity index (χ1n) is 8.66. The van der Waals surface area contributed by atoms with Gasteiger partial charge in [0.05, 0.1) is 5.82 Å². The molecule has 0 unspecified atom stereocenters. The minimum Gasteiger partial charge on any atom is -0.0620 e. The largest absolute Gasteiger partial charge is 0.136 e. The highest BCUT2D eigenvalue weighted by molar-refractivity contribution is 7.98. The van der Waals surface area contributed by atoms with Crippen molar-refractivity contribution in [2.75, 3.05) is 0 Å². The second-order valence-corrected chi connectivity index (χ2v) is 9.62. The standard InChI is InChI=1S/C23H22P/c1-4-13-21(14-5-1)24(19-20-11-10-12-20,22-15-6-2-7-16-22)23-17-8-3-9-18-23/h1-9,13-19H,10-12H2/q+1. The molecule has 118 valence electrons. The maximum Gasteiger partial charge on any atom is 0.136 e. The zero-order valence-electron chi connectivity index (χ0n) is 13.8. The lowest BCUT2D eigenvalue weighted by atomic mass is 9.95. The predicted molar refractivity (Wildman–Crippen MR) is 107 cm³/mol. The molecule has 24 heavy (non-hydrogen) atoms. The van der Waals surface area contributed by atoms with Gasteiger partial charge >= 0.3 is 0 Å². The van der Waals surface area contributed by atoms with E-state index in [-0.39, 0.29) is 0 Å². The van der Waals surface area contributed by atoms with Crippen molar-refractivity contribution in [3.05, 3.63) is 102 Å². The first-order valence-corrected chi connectivity index (χ1v) is 10.5. The smallest absolute Gasteiger partial charge is 0.0620 e. The SMILES string of the molecule is C(=C1CCC1)[P+](c1ccccc1)(c1ccccc1)c1ccccc1. The van der Waals surface area contributed by atoms with E-state index in [1.54, 1.807) is 5.57 Å². The Labute approximate surface area is 145 Å². The third-order valence-corrected chi connectivity index (χ3v) is 8.95. The van der Waals surface area contributed by atoms with Crippen molar-refractivity contribution in [1.82, 2.24) is 0 Å². The van der Waals surface area contributed by atoms with Crippen molar-refractivity contribution < 1.29 is 0 Å². The van der Waals surface area contributed by atoms with Gasteiger partial charge in [-0.1, -0.05) is 54.6 Å². The maximum atomic E-state index is 2.64. The molecule has 0 aromatic heterocycles. The van der Waals surface area contributed by atoms with Crippen LogP contribution < -0.4 is 15.9 Å². The van der Waals surface area contributed by atoms with Gasteiger partial charge in [0.25, 0.3) is 0 Å². The zero-order valence-corrected chi connectivity index (χ0v) is 14.7. The van der Waals surface area contributed by atoms with Crippen LogP contribution in [0.25, 0.3) is 0 Å². The van der Waals surface area contributed by atoms with Crippen molar-refractivity contribution in [1.29, 1.82) is 0 Å². The summed E-state index contributed by atoms with van der Waals surface area (Å²) in [6, 6.07) is 33.3. The van der Waals surface area contributed by atoms with Crippen LogP contribution in [0, 0.1) is 0 Å². The van der Waals surface area contributed by atoms with Gasteiger partial charge in [0.1, 0.15) is 23.2 Å². The van der Waals surface area contributed by atoms with E-state index in [0.717, 1.165) is 0 Å². The number of allylic oxidation sites excluding steroid dienone is 1. The van der Waals surface area contributed by atoms with Gasteiger partial charge < -0.3 is 0 Å². The summed E-state index contributed by atoms with van der Waals surface area (Å²) in [4.78, 5) is 0. The molecule has 0 heterocycles. The Morgan fingerprint density at radius 3 is 1.21 bits per heavy atom. The van der Waals surface area contributed by atoms with Crippen LogP contribution in [0.3, 0.4) is 0 Å². The van der Waals surface area contributed by atoms with E-state index < -0.39 is 7.26 Å². The Morgan fingerprint density at radius 1 is 0.542 bits per heavy atom. The molecular weight excluding hydrogens is 307 g/mol. The molecule has 1 heteroatoms. The van der Waals surface area contributed by atoms with Crippen LogP contribution in [-0.4, -0.2) is 0 Å². The van der Waals surface area contributed by atoms with Crippen molar-refractivity contribution in [2.45, 2.75) is 19.3 Å². The molecule has 0 nitrogen and oxygen atoms in total. The molecule has 1 aliphatic rings. The monoisotopic (exact) mass is 329 g/mol. The fourth-order valence-electron chi connectivity index (χ4n) is 3.44. The number of hydrogen-bond acceptors (Lipinski definition) is 0. The van der Waals surface area contributed by atoms with Gasteiger partial charge in [0, 0.05) is 0 Å². The Morgan fingerprint density at radius 2 is 0.917 bits per heavy atom. The van der Waals surface area contributed by atoms with Crippen molar-refractivity contribution in [2.24, 2.45) is 0 Å². The molecule has 1 fully saturated rings. The van der Waals surface area contributed by atoms with Crippen LogP contribution in [0.1, 0.15) is 19.3 Å². The van der Waals surface area contributed by atoms with Gasteiger partial charge in [-0.2, -0.15) is 0 Å². The topological polar surface area (TPSA) is 0 Å². The summed E-state index contributed by atoms with van der Waals surface area (Å²) in [7, 11) is -1.74. The third kappa shape index (κ3) is 2.72. The van der Waals surface area contributed by atoms with Crippen LogP contribution in [0.15, 0.2) is 102 Å². The maximum absolute atomic E-state index is 2.64. The molecule has 0 aliphatic heterocycles. The molecule has 3 aromatic carbocycles. The number of hydrogen-bond donors (Lipinski definition) is 0. The van der Waals surface area contributed by atoms with Crippen LogP contribution in [0.5, 0.6) is 0 Å². The summed E-state index contributed by atoms with van der Waals surface area (Å²) in [5.74, 6) is 2.64. The Hall–Kier alpha value is -2.17. The number of rotatable bonds is 4. The molecule has 0 saturated heterocycles. The molecule has 0 bridgehead atoms. The van der Waals surface area contributed by atoms with Crippen molar-refractivity contribution >= 4 is 23.2 Å². The molecule has 1 saturated carbocycles. The van der Waals surface area contributed by atoms with Crippen LogP contribution in [0.4, 0.5) is 0 Å². The van der Waals surface area contributed by atoms with Crippen molar-refractivity contribution in [3.63, 3.8) is 0 Å². The second kappa shape index (κ2) is 6.75. The highest BCUT2D eigenvalue weighted by Crippen LogP contribution is 2.58. The average molecular weight is 329 g/mol. The fraction of sp³-hybridized carbons (Fsp3) is 0.130. The van der Waals surface area contributed by atoms with Crippen molar-refractivity contribution in [3.8, 4) is 0 Å². The van der Waals surface area contributed by atoms with Gasteiger partial charge in [0.2, 0.25) is 0 Å². The first-order chi connectivity index (χ1) is 11.9. The van der Waals surface area contributed by atoms with E-state index in [1.165, 1.54) is 35.2 Å². The van der Waals surface area contributed by atoms with Gasteiger partial charge in [-0.3, -0.25) is 0 Å². The summed E-state index contributed by atoms with van der Waals surface area (Å²) < 4.78 is 0. The quantitative estimate of drug-likeness (QED) is 0.588. The summed E-state index contributed by atoms with van der Waals surface area (Å²) in [6.45, 7) is 0. The minimum absolute atomic E-state index is 1.26. The minimum atomic E-state index is -1.74. The molecule has 3 aromatic rings. The molecular formula is C23H22P+. The van der Waals surface area contributed by atoms with Gasteiger partial charge in [-0.05, 0) is 61.2 Å². The molecule has 0 radical (unpaired) electrons. The summed E-state index contributed by atoms with van der Waals surface area (Å²) >= 11 is 0. The summed E-state index contributed by atoms with van der Waals surface area (Å²) in [6.07, 6.45) is 3.85. The van der Waals surface area contributed by atoms with Gasteiger partial charge in [-0.15, -0.1) is 0 Å². The van der Waals surface area contributed by atoms with E-state index in [1.807, 2.05) is 0 Å². The molecule has 0 N–H and O–H groups in total. The summed E-state index contributed by atoms with van der Waals surface area (Å²) in [5, 5.41) is 4.34. The first kappa shape index (κ1) is 15.4. The second-order valence-electron chi connectivity index (χ2n) is 6.37. The molecule has 0 amide bonds. The van der Waals surface area contributed by atoms with E-state index in [2.05, 4.69) is 96.8 Å². The third-order valence-electron chi connectivity index (χ3n) is 4.86. The lowest BCUT2D eigenvalue weighted by molar-refractivity contribution is 0.665. The fourth-order valence-corrected chi connectivity index (χ4v) is 7.52. The van der Waals surface area contributed by atoms with E-state index in [4.69, 9.17) is 0 Å². The van der Waals surface area contributed by atoms with E-state index in [9.17, 15) is 0 Å². The highest BCUT2D eigenvalue weighted by atomic mass is 31.2. The number of benzene rings is 3. The zero-order chi connectivity index (χ0) is 16.2. The molecule has 1 aliphatic carbocycles. The van der Waals surface area contributed by atoms with Crippen LogP contribution >= 0.6 is 7.26 Å². The van der Waals surface area contributed by atoms with E-state index in [0.29, 0.717) is 0 Å². The molecule has 0 spiro atoms. The van der Waals surface area contributed by atoms with Crippen LogP contribution in [-0.2, 0) is 0 Å². The Bertz CT molecular complexity index is 717. The van der Waals surface area contributed by atoms with Crippen LogP contribution in [0.2, 0.25) is 0 Å². The lowest BCUT2D eigenvalue weighted by Crippen LogP contribution is -2.30.